The van der Waals surface area contributed by atoms with Gasteiger partial charge in [-0.1, -0.05) is 0 Å². The molecule has 1 aromatic rings. The molecule has 1 saturated heterocycles. The largest absolute Gasteiger partial charge is 0.298 e. The van der Waals surface area contributed by atoms with Gasteiger partial charge in [0, 0.05) is 12.7 Å². The first-order valence-electron chi connectivity index (χ1n) is 5.48. The van der Waals surface area contributed by atoms with Gasteiger partial charge in [0.2, 0.25) is 0 Å². The summed E-state index contributed by atoms with van der Waals surface area (Å²) in [5.41, 5.74) is 3.57. The lowest BCUT2D eigenvalue weighted by Crippen LogP contribution is -2.30. The normalized spacial score (nSPS) is 16.3. The minimum absolute atomic E-state index is 0.305. The fourth-order valence-electron chi connectivity index (χ4n) is 1.91. The minimum atomic E-state index is -0.305. The quantitative estimate of drug-likeness (QED) is 0.436. The molecule has 5 nitrogen and oxygen atoms in total. The van der Waals surface area contributed by atoms with Crippen LogP contribution in [-0.2, 0) is 6.54 Å². The van der Waals surface area contributed by atoms with Crippen molar-refractivity contribution in [3.05, 3.63) is 29.6 Å². The van der Waals surface area contributed by atoms with Crippen LogP contribution in [-0.4, -0.2) is 28.9 Å². The number of hydrogen-bond donors (Lipinski definition) is 2. The molecule has 1 aromatic heterocycles. The summed E-state index contributed by atoms with van der Waals surface area (Å²) in [6, 6.07) is 3.63. The zero-order valence-electron chi connectivity index (χ0n) is 9.15. The fraction of sp³-hybridized carbons (Fsp3) is 0.455. The molecule has 0 aromatic carbocycles. The van der Waals surface area contributed by atoms with Crippen molar-refractivity contribution in [1.82, 2.24) is 15.3 Å². The van der Waals surface area contributed by atoms with E-state index in [9.17, 15) is 4.79 Å². The third kappa shape index (κ3) is 2.56. The summed E-state index contributed by atoms with van der Waals surface area (Å²) in [5.74, 6) is 4.73. The van der Waals surface area contributed by atoms with E-state index in [0.717, 1.165) is 25.3 Å². The van der Waals surface area contributed by atoms with Crippen molar-refractivity contribution in [2.24, 2.45) is 5.84 Å². The van der Waals surface area contributed by atoms with Crippen molar-refractivity contribution < 1.29 is 4.79 Å². The minimum Gasteiger partial charge on any atom is -0.298 e. The van der Waals surface area contributed by atoms with Gasteiger partial charge in [-0.3, -0.25) is 20.1 Å². The number of pyridine rings is 1. The van der Waals surface area contributed by atoms with Gasteiger partial charge in [-0.2, -0.15) is 0 Å². The molecule has 86 valence electrons. The highest BCUT2D eigenvalue weighted by atomic mass is 16.2. The lowest BCUT2D eigenvalue weighted by Gasteiger charge is -2.13. The maximum absolute atomic E-state index is 11.2. The molecular weight excluding hydrogens is 204 g/mol. The Morgan fingerprint density at radius 2 is 2.19 bits per heavy atom. The molecule has 3 N–H and O–H groups in total. The number of carbonyl (C=O) groups excluding carboxylic acids is 1. The van der Waals surface area contributed by atoms with Gasteiger partial charge in [0.25, 0.3) is 5.91 Å². The molecule has 2 rings (SSSR count). The molecule has 5 heteroatoms. The van der Waals surface area contributed by atoms with Crippen molar-refractivity contribution in [3.63, 3.8) is 0 Å². The zero-order valence-corrected chi connectivity index (χ0v) is 9.15. The predicted molar refractivity (Wildman–Crippen MR) is 60.4 cm³/mol. The van der Waals surface area contributed by atoms with E-state index in [2.05, 4.69) is 15.3 Å². The molecule has 0 saturated carbocycles. The maximum Gasteiger partial charge on any atom is 0.266 e. The van der Waals surface area contributed by atoms with Crippen molar-refractivity contribution in [3.8, 4) is 0 Å². The van der Waals surface area contributed by atoms with Crippen LogP contribution in [0.4, 0.5) is 0 Å². The Kier molecular flexibility index (Phi) is 3.48. The molecule has 1 fully saturated rings. The number of nitrogen functional groups attached to an aromatic ring is 1. The Morgan fingerprint density at radius 1 is 1.44 bits per heavy atom. The second-order valence-corrected chi connectivity index (χ2v) is 3.99. The van der Waals surface area contributed by atoms with Gasteiger partial charge >= 0.3 is 0 Å². The third-order valence-corrected chi connectivity index (χ3v) is 2.80. The second kappa shape index (κ2) is 5.05. The van der Waals surface area contributed by atoms with Gasteiger partial charge in [-0.15, -0.1) is 0 Å². The first kappa shape index (κ1) is 11.0. The van der Waals surface area contributed by atoms with Crippen LogP contribution in [0, 0.1) is 0 Å². The number of amides is 1. The Bertz CT molecular complexity index is 357. The molecule has 1 aliphatic rings. The Hall–Kier alpha value is -1.46. The van der Waals surface area contributed by atoms with Crippen LogP contribution in [0.25, 0.3) is 0 Å². The van der Waals surface area contributed by atoms with Crippen LogP contribution in [0.2, 0.25) is 0 Å². The summed E-state index contributed by atoms with van der Waals surface area (Å²) in [6.45, 7) is 3.16. The number of carbonyl (C=O) groups is 1. The average Bonchev–Trinajstić information content (AvgIpc) is 2.82. The highest BCUT2D eigenvalue weighted by Gasteiger charge is 2.12. The van der Waals surface area contributed by atoms with Crippen molar-refractivity contribution in [2.75, 3.05) is 13.1 Å². The van der Waals surface area contributed by atoms with Gasteiger partial charge in [-0.05, 0) is 38.1 Å². The molecular formula is C11H16N4O. The van der Waals surface area contributed by atoms with Gasteiger partial charge in [0.15, 0.2) is 0 Å². The standard InChI is InChI=1S/C11H16N4O/c12-14-11(16)9-3-4-10(13-7-9)8-15-5-1-2-6-15/h3-4,7H,1-2,5-6,8,12H2,(H,14,16). The molecule has 0 aliphatic carbocycles. The van der Waals surface area contributed by atoms with Crippen LogP contribution in [0.15, 0.2) is 18.3 Å². The topological polar surface area (TPSA) is 71.2 Å². The number of rotatable bonds is 3. The number of nitrogens with one attached hydrogen (secondary N) is 1. The molecule has 2 heterocycles. The van der Waals surface area contributed by atoms with Crippen LogP contribution < -0.4 is 11.3 Å². The highest BCUT2D eigenvalue weighted by Crippen LogP contribution is 2.11. The molecule has 1 aliphatic heterocycles. The summed E-state index contributed by atoms with van der Waals surface area (Å²) in [5, 5.41) is 0. The molecule has 16 heavy (non-hydrogen) atoms. The van der Waals surface area contributed by atoms with Crippen LogP contribution in [0.3, 0.4) is 0 Å². The van der Waals surface area contributed by atoms with Gasteiger partial charge in [-0.25, -0.2) is 5.84 Å². The number of aromatic nitrogens is 1. The molecule has 0 unspecified atom stereocenters. The number of hydrazine groups is 1. The summed E-state index contributed by atoms with van der Waals surface area (Å²) >= 11 is 0. The van der Waals surface area contributed by atoms with Crippen molar-refractivity contribution in [1.29, 1.82) is 0 Å². The van der Waals surface area contributed by atoms with Crippen LogP contribution in [0.1, 0.15) is 28.9 Å². The lowest BCUT2D eigenvalue weighted by atomic mass is 10.2. The maximum atomic E-state index is 11.2. The molecule has 0 spiro atoms. The van der Waals surface area contributed by atoms with Crippen molar-refractivity contribution in [2.45, 2.75) is 19.4 Å². The first-order valence-corrected chi connectivity index (χ1v) is 5.48. The van der Waals surface area contributed by atoms with E-state index in [1.54, 1.807) is 12.3 Å². The number of nitrogens with zero attached hydrogens (tertiary/aromatic N) is 2. The van der Waals surface area contributed by atoms with Crippen molar-refractivity contribution >= 4 is 5.91 Å². The first-order chi connectivity index (χ1) is 7.79. The van der Waals surface area contributed by atoms with E-state index in [1.807, 2.05) is 6.07 Å². The van der Waals surface area contributed by atoms with Gasteiger partial charge in [0.05, 0.1) is 11.3 Å². The smallest absolute Gasteiger partial charge is 0.266 e. The van der Waals surface area contributed by atoms with Gasteiger partial charge in [0.1, 0.15) is 0 Å². The molecule has 1 amide bonds. The molecule has 0 bridgehead atoms. The zero-order chi connectivity index (χ0) is 11.4. The van der Waals surface area contributed by atoms with Gasteiger partial charge < -0.3 is 0 Å². The van der Waals surface area contributed by atoms with E-state index in [0.29, 0.717) is 5.56 Å². The third-order valence-electron chi connectivity index (χ3n) is 2.80. The highest BCUT2D eigenvalue weighted by molar-refractivity contribution is 5.93. The number of hydrogen-bond acceptors (Lipinski definition) is 4. The average molecular weight is 220 g/mol. The second-order valence-electron chi connectivity index (χ2n) is 3.99. The van der Waals surface area contributed by atoms with E-state index >= 15 is 0 Å². The summed E-state index contributed by atoms with van der Waals surface area (Å²) in [7, 11) is 0. The Labute approximate surface area is 94.6 Å². The van der Waals surface area contributed by atoms with Crippen LogP contribution in [0.5, 0.6) is 0 Å². The monoisotopic (exact) mass is 220 g/mol. The van der Waals surface area contributed by atoms with Crippen LogP contribution >= 0.6 is 0 Å². The van der Waals surface area contributed by atoms with E-state index in [4.69, 9.17) is 5.84 Å². The summed E-state index contributed by atoms with van der Waals surface area (Å²) in [6.07, 6.45) is 4.11. The number of nitrogens with two attached hydrogens (primary N) is 1. The van der Waals surface area contributed by atoms with E-state index in [1.165, 1.54) is 12.8 Å². The molecule has 0 atom stereocenters. The van der Waals surface area contributed by atoms with E-state index < -0.39 is 0 Å². The summed E-state index contributed by atoms with van der Waals surface area (Å²) in [4.78, 5) is 17.8. The number of likely N-dealkylation sites (tertiary alicyclic amines) is 1. The SMILES string of the molecule is NNC(=O)c1ccc(CN2CCCC2)nc1. The predicted octanol–water partition coefficient (Wildman–Crippen LogP) is 0.281. The fourth-order valence-corrected chi connectivity index (χ4v) is 1.91. The molecule has 0 radical (unpaired) electrons. The Morgan fingerprint density at radius 3 is 2.75 bits per heavy atom. The Balaban J connectivity index is 1.98. The summed E-state index contributed by atoms with van der Waals surface area (Å²) < 4.78 is 0. The van der Waals surface area contributed by atoms with E-state index in [-0.39, 0.29) is 5.91 Å². The lowest BCUT2D eigenvalue weighted by molar-refractivity contribution is 0.0953.